The molecule has 24 heavy (non-hydrogen) atoms. The van der Waals surface area contributed by atoms with E-state index in [2.05, 4.69) is 10.5 Å². The third-order valence-corrected chi connectivity index (χ3v) is 4.56. The molecule has 0 saturated heterocycles. The summed E-state index contributed by atoms with van der Waals surface area (Å²) in [6.45, 7) is 4.28. The van der Waals surface area contributed by atoms with E-state index in [1.165, 1.54) is 11.8 Å². The van der Waals surface area contributed by atoms with Gasteiger partial charge in [0.05, 0.1) is 17.0 Å². The number of hydrogen-bond acceptors (Lipinski definition) is 5. The monoisotopic (exact) mass is 348 g/mol. The van der Waals surface area contributed by atoms with E-state index < -0.39 is 5.97 Å². The molecule has 1 amide bonds. The number of aromatic carboxylic acids is 1. The van der Waals surface area contributed by atoms with Gasteiger partial charge in [-0.2, -0.15) is 0 Å². The molecule has 2 aromatic rings. The summed E-state index contributed by atoms with van der Waals surface area (Å²) in [5.41, 5.74) is 3.17. The smallest absolute Gasteiger partial charge is 0.335 e. The van der Waals surface area contributed by atoms with Crippen LogP contribution in [0.1, 0.15) is 32.9 Å². The minimum Gasteiger partial charge on any atom is -0.478 e. The van der Waals surface area contributed by atoms with Crippen molar-refractivity contribution in [3.63, 3.8) is 0 Å². The fourth-order valence-electron chi connectivity index (χ4n) is 2.17. The number of amides is 1. The van der Waals surface area contributed by atoms with E-state index >= 15 is 0 Å². The Kier molecular flexibility index (Phi) is 6.43. The average Bonchev–Trinajstić information content (AvgIpc) is 2.87. The number of rotatable bonds is 8. The number of aromatic nitrogens is 1. The molecule has 0 fully saturated rings. The highest BCUT2D eigenvalue weighted by Gasteiger charge is 2.10. The number of hydrogen-bond donors (Lipinski definition) is 2. The highest BCUT2D eigenvalue weighted by Crippen LogP contribution is 2.19. The van der Waals surface area contributed by atoms with Crippen LogP contribution < -0.4 is 5.32 Å². The molecule has 6 nitrogen and oxygen atoms in total. The van der Waals surface area contributed by atoms with Crippen LogP contribution in [-0.2, 0) is 17.0 Å². The molecule has 0 unspecified atom stereocenters. The molecule has 128 valence electrons. The zero-order valence-electron chi connectivity index (χ0n) is 13.7. The largest absolute Gasteiger partial charge is 0.478 e. The molecular formula is C17H20N2O4S. The van der Waals surface area contributed by atoms with Gasteiger partial charge in [-0.1, -0.05) is 17.3 Å². The first-order chi connectivity index (χ1) is 11.5. The predicted molar refractivity (Wildman–Crippen MR) is 92.3 cm³/mol. The van der Waals surface area contributed by atoms with Gasteiger partial charge in [0.15, 0.2) is 0 Å². The minimum atomic E-state index is -0.940. The molecule has 0 saturated carbocycles. The number of aryl methyl sites for hydroxylation is 2. The van der Waals surface area contributed by atoms with Gasteiger partial charge in [0, 0.05) is 17.9 Å². The van der Waals surface area contributed by atoms with Crippen LogP contribution >= 0.6 is 11.8 Å². The average molecular weight is 348 g/mol. The SMILES string of the molecule is Cc1noc(C)c1CSCC(=O)NCCc1ccc(C(=O)O)cc1. The molecule has 2 N–H and O–H groups in total. The first-order valence-electron chi connectivity index (χ1n) is 7.56. The number of benzene rings is 1. The number of nitrogens with one attached hydrogen (secondary N) is 1. The molecule has 0 bridgehead atoms. The Bertz CT molecular complexity index is 690. The molecular weight excluding hydrogens is 328 g/mol. The number of carboxylic acids is 1. The molecule has 2 rings (SSSR count). The molecule has 0 aliphatic heterocycles. The van der Waals surface area contributed by atoms with Crippen LogP contribution in [0.5, 0.6) is 0 Å². The topological polar surface area (TPSA) is 92.4 Å². The van der Waals surface area contributed by atoms with E-state index in [-0.39, 0.29) is 11.5 Å². The van der Waals surface area contributed by atoms with Crippen molar-refractivity contribution in [3.8, 4) is 0 Å². The maximum Gasteiger partial charge on any atom is 0.335 e. The summed E-state index contributed by atoms with van der Waals surface area (Å²) in [5, 5.41) is 15.6. The standard InChI is InChI=1S/C17H20N2O4S/c1-11-15(12(2)23-19-11)9-24-10-16(20)18-8-7-13-3-5-14(6-4-13)17(21)22/h3-6H,7-10H2,1-2H3,(H,18,20)(H,21,22). The normalized spacial score (nSPS) is 10.6. The Labute approximate surface area is 144 Å². The third kappa shape index (κ3) is 5.13. The Morgan fingerprint density at radius 2 is 1.96 bits per heavy atom. The Morgan fingerprint density at radius 3 is 2.54 bits per heavy atom. The van der Waals surface area contributed by atoms with Crippen molar-refractivity contribution in [1.29, 1.82) is 0 Å². The fraction of sp³-hybridized carbons (Fsp3) is 0.353. The lowest BCUT2D eigenvalue weighted by atomic mass is 10.1. The van der Waals surface area contributed by atoms with Gasteiger partial charge in [0.1, 0.15) is 5.76 Å². The summed E-state index contributed by atoms with van der Waals surface area (Å²) in [5.74, 6) is 0.914. The number of thioether (sulfide) groups is 1. The van der Waals surface area contributed by atoms with E-state index in [1.54, 1.807) is 24.3 Å². The van der Waals surface area contributed by atoms with Crippen LogP contribution in [0, 0.1) is 13.8 Å². The van der Waals surface area contributed by atoms with Gasteiger partial charge in [-0.25, -0.2) is 4.79 Å². The maximum atomic E-state index is 11.8. The molecule has 0 atom stereocenters. The highest BCUT2D eigenvalue weighted by atomic mass is 32.2. The first-order valence-corrected chi connectivity index (χ1v) is 8.71. The minimum absolute atomic E-state index is 0.0195. The van der Waals surface area contributed by atoms with Gasteiger partial charge in [0.25, 0.3) is 0 Å². The predicted octanol–water partition coefficient (Wildman–Crippen LogP) is 2.58. The lowest BCUT2D eigenvalue weighted by molar-refractivity contribution is -0.118. The van der Waals surface area contributed by atoms with Crippen molar-refractivity contribution in [1.82, 2.24) is 10.5 Å². The molecule has 0 radical (unpaired) electrons. The Morgan fingerprint density at radius 1 is 1.25 bits per heavy atom. The summed E-state index contributed by atoms with van der Waals surface area (Å²) in [4.78, 5) is 22.6. The van der Waals surface area contributed by atoms with Crippen molar-refractivity contribution >= 4 is 23.6 Å². The molecule has 0 spiro atoms. The molecule has 0 aliphatic rings. The van der Waals surface area contributed by atoms with Crippen LogP contribution in [0.3, 0.4) is 0 Å². The lowest BCUT2D eigenvalue weighted by Gasteiger charge is -2.06. The second-order valence-corrected chi connectivity index (χ2v) is 6.38. The van der Waals surface area contributed by atoms with Crippen molar-refractivity contribution in [2.75, 3.05) is 12.3 Å². The molecule has 1 aromatic heterocycles. The Hall–Kier alpha value is -2.28. The first kappa shape index (κ1) is 18.1. The van der Waals surface area contributed by atoms with Crippen LogP contribution in [0.15, 0.2) is 28.8 Å². The van der Waals surface area contributed by atoms with Gasteiger partial charge < -0.3 is 14.9 Å². The van der Waals surface area contributed by atoms with Crippen molar-refractivity contribution in [2.24, 2.45) is 0 Å². The number of carboxylic acid groups (broad SMARTS) is 1. The number of carbonyl (C=O) groups is 2. The van der Waals surface area contributed by atoms with Crippen molar-refractivity contribution in [2.45, 2.75) is 26.0 Å². The van der Waals surface area contributed by atoms with Gasteiger partial charge in [-0.15, -0.1) is 11.8 Å². The third-order valence-electron chi connectivity index (χ3n) is 3.60. The molecule has 7 heteroatoms. The lowest BCUT2D eigenvalue weighted by Crippen LogP contribution is -2.27. The second-order valence-electron chi connectivity index (χ2n) is 5.40. The van der Waals surface area contributed by atoms with Gasteiger partial charge in [-0.05, 0) is 38.0 Å². The van der Waals surface area contributed by atoms with Crippen LogP contribution in [-0.4, -0.2) is 34.4 Å². The van der Waals surface area contributed by atoms with Gasteiger partial charge in [-0.3, -0.25) is 4.79 Å². The summed E-state index contributed by atoms with van der Waals surface area (Å²) in [6, 6.07) is 6.67. The second kappa shape index (κ2) is 8.54. The summed E-state index contributed by atoms with van der Waals surface area (Å²) >= 11 is 1.52. The summed E-state index contributed by atoms with van der Waals surface area (Å²) in [6.07, 6.45) is 0.667. The van der Waals surface area contributed by atoms with E-state index in [1.807, 2.05) is 13.8 Å². The van der Waals surface area contributed by atoms with Crippen LogP contribution in [0.4, 0.5) is 0 Å². The summed E-state index contributed by atoms with van der Waals surface area (Å²) < 4.78 is 5.09. The molecule has 1 heterocycles. The number of carbonyl (C=O) groups excluding carboxylic acids is 1. The highest BCUT2D eigenvalue weighted by molar-refractivity contribution is 7.99. The van der Waals surface area contributed by atoms with Crippen molar-refractivity contribution in [3.05, 3.63) is 52.4 Å². The maximum absolute atomic E-state index is 11.8. The summed E-state index contributed by atoms with van der Waals surface area (Å²) in [7, 11) is 0. The fourth-order valence-corrected chi connectivity index (χ4v) is 3.17. The zero-order valence-corrected chi connectivity index (χ0v) is 14.5. The van der Waals surface area contributed by atoms with Gasteiger partial charge in [0.2, 0.25) is 5.91 Å². The van der Waals surface area contributed by atoms with E-state index in [4.69, 9.17) is 9.63 Å². The number of nitrogens with zero attached hydrogens (tertiary/aromatic N) is 1. The van der Waals surface area contributed by atoms with E-state index in [0.29, 0.717) is 24.5 Å². The Balaban J connectivity index is 1.67. The van der Waals surface area contributed by atoms with Crippen LogP contribution in [0.2, 0.25) is 0 Å². The van der Waals surface area contributed by atoms with E-state index in [9.17, 15) is 9.59 Å². The quantitative estimate of drug-likeness (QED) is 0.762. The van der Waals surface area contributed by atoms with Gasteiger partial charge >= 0.3 is 5.97 Å². The molecule has 1 aromatic carbocycles. The van der Waals surface area contributed by atoms with E-state index in [0.717, 1.165) is 22.6 Å². The molecule has 0 aliphatic carbocycles. The van der Waals surface area contributed by atoms with Crippen molar-refractivity contribution < 1.29 is 19.2 Å². The van der Waals surface area contributed by atoms with Crippen LogP contribution in [0.25, 0.3) is 0 Å². The zero-order chi connectivity index (χ0) is 17.5.